The van der Waals surface area contributed by atoms with Gasteiger partial charge in [-0.05, 0) is 26.7 Å². The molecule has 0 aliphatic heterocycles. The van der Waals surface area contributed by atoms with E-state index in [2.05, 4.69) is 0 Å². The Hall–Kier alpha value is -0.0800. The Kier molecular flexibility index (Phi) is 6.57. The molecule has 0 fully saturated rings. The summed E-state index contributed by atoms with van der Waals surface area (Å²) in [5, 5.41) is 17.8. The molecule has 2 nitrogen and oxygen atoms in total. The van der Waals surface area contributed by atoms with E-state index in [1.807, 2.05) is 13.8 Å². The third-order valence-electron chi connectivity index (χ3n) is 1.74. The van der Waals surface area contributed by atoms with Crippen LogP contribution in [0, 0.1) is 0 Å². The molecule has 0 aliphatic carbocycles. The van der Waals surface area contributed by atoms with Gasteiger partial charge >= 0.3 is 0 Å². The average Bonchev–Trinajstić information content (AvgIpc) is 1.85. The van der Waals surface area contributed by atoms with Crippen LogP contribution in [0.25, 0.3) is 0 Å². The zero-order valence-corrected chi connectivity index (χ0v) is 7.58. The van der Waals surface area contributed by atoms with Crippen LogP contribution in [-0.4, -0.2) is 22.4 Å². The Morgan fingerprint density at radius 2 is 1.18 bits per heavy atom. The lowest BCUT2D eigenvalue weighted by atomic mass is 10.1. The molecule has 68 valence electrons. The van der Waals surface area contributed by atoms with Crippen molar-refractivity contribution in [3.05, 3.63) is 0 Å². The predicted octanol–water partition coefficient (Wildman–Crippen LogP) is 1.70. The van der Waals surface area contributed by atoms with Crippen LogP contribution in [0.2, 0.25) is 0 Å². The quantitative estimate of drug-likeness (QED) is 0.581. The highest BCUT2D eigenvalue weighted by Crippen LogP contribution is 2.06. The number of hydrogen-bond donors (Lipinski definition) is 2. The van der Waals surface area contributed by atoms with Crippen molar-refractivity contribution < 1.29 is 10.2 Å². The van der Waals surface area contributed by atoms with Gasteiger partial charge in [-0.25, -0.2) is 0 Å². The number of aliphatic hydroxyl groups is 2. The second-order valence-corrected chi connectivity index (χ2v) is 3.34. The Balaban J connectivity index is 2.91. The Bertz CT molecular complexity index is 69.6. The maximum atomic E-state index is 8.91. The molecule has 0 spiro atoms. The van der Waals surface area contributed by atoms with Crippen LogP contribution in [0.5, 0.6) is 0 Å². The smallest absolute Gasteiger partial charge is 0.0512 e. The third kappa shape index (κ3) is 9.92. The van der Waals surface area contributed by atoms with Crippen LogP contribution < -0.4 is 0 Å². The molecule has 2 N–H and O–H groups in total. The highest BCUT2D eigenvalue weighted by molar-refractivity contribution is 4.51. The fraction of sp³-hybridized carbons (Fsp3) is 1.00. The lowest BCUT2D eigenvalue weighted by Gasteiger charge is -2.04. The van der Waals surface area contributed by atoms with Crippen molar-refractivity contribution in [3.8, 4) is 0 Å². The van der Waals surface area contributed by atoms with Gasteiger partial charge in [0.15, 0.2) is 0 Å². The van der Waals surface area contributed by atoms with E-state index in [-0.39, 0.29) is 12.2 Å². The Morgan fingerprint density at radius 1 is 0.818 bits per heavy atom. The van der Waals surface area contributed by atoms with Gasteiger partial charge in [-0.3, -0.25) is 0 Å². The number of unbranched alkanes of at least 4 members (excludes halogenated alkanes) is 2. The molecule has 0 rings (SSSR count). The lowest BCUT2D eigenvalue weighted by molar-refractivity contribution is 0.171. The van der Waals surface area contributed by atoms with Gasteiger partial charge in [0.25, 0.3) is 0 Å². The van der Waals surface area contributed by atoms with Gasteiger partial charge in [0.05, 0.1) is 12.2 Å². The van der Waals surface area contributed by atoms with E-state index in [0.717, 1.165) is 32.1 Å². The Labute approximate surface area is 69.2 Å². The van der Waals surface area contributed by atoms with E-state index >= 15 is 0 Å². The largest absolute Gasteiger partial charge is 0.393 e. The SMILES string of the molecule is C[C@@H](O)CCCCC[C@@H](C)O. The van der Waals surface area contributed by atoms with Gasteiger partial charge in [0.2, 0.25) is 0 Å². The predicted molar refractivity (Wildman–Crippen MR) is 46.4 cm³/mol. The first-order chi connectivity index (χ1) is 5.13. The van der Waals surface area contributed by atoms with Crippen molar-refractivity contribution in [2.75, 3.05) is 0 Å². The van der Waals surface area contributed by atoms with Crippen molar-refractivity contribution >= 4 is 0 Å². The van der Waals surface area contributed by atoms with Crippen LogP contribution in [0.3, 0.4) is 0 Å². The highest BCUT2D eigenvalue weighted by Gasteiger charge is 1.97. The molecule has 0 bridgehead atoms. The van der Waals surface area contributed by atoms with Gasteiger partial charge in [-0.2, -0.15) is 0 Å². The first-order valence-electron chi connectivity index (χ1n) is 4.49. The standard InChI is InChI=1S/C9H20O2/c1-8(10)6-4-3-5-7-9(2)11/h8-11H,3-7H2,1-2H3/t8-,9-/m1/s1. The minimum Gasteiger partial charge on any atom is -0.393 e. The summed E-state index contributed by atoms with van der Waals surface area (Å²) in [7, 11) is 0. The van der Waals surface area contributed by atoms with Crippen LogP contribution in [0.15, 0.2) is 0 Å². The summed E-state index contributed by atoms with van der Waals surface area (Å²) >= 11 is 0. The summed E-state index contributed by atoms with van der Waals surface area (Å²) in [5.74, 6) is 0. The molecular formula is C9H20O2. The van der Waals surface area contributed by atoms with E-state index in [1.54, 1.807) is 0 Å². The third-order valence-corrected chi connectivity index (χ3v) is 1.74. The molecule has 0 amide bonds. The van der Waals surface area contributed by atoms with Crippen molar-refractivity contribution in [1.29, 1.82) is 0 Å². The fourth-order valence-electron chi connectivity index (χ4n) is 1.06. The molecule has 0 saturated carbocycles. The first-order valence-corrected chi connectivity index (χ1v) is 4.49. The molecule has 2 heteroatoms. The number of aliphatic hydroxyl groups excluding tert-OH is 2. The van der Waals surface area contributed by atoms with Crippen molar-refractivity contribution in [2.45, 2.75) is 58.2 Å². The summed E-state index contributed by atoms with van der Waals surface area (Å²) in [4.78, 5) is 0. The van der Waals surface area contributed by atoms with Crippen molar-refractivity contribution in [3.63, 3.8) is 0 Å². The van der Waals surface area contributed by atoms with Gasteiger partial charge in [0.1, 0.15) is 0 Å². The molecule has 0 aromatic rings. The van der Waals surface area contributed by atoms with Crippen molar-refractivity contribution in [1.82, 2.24) is 0 Å². The highest BCUT2D eigenvalue weighted by atomic mass is 16.3. The Morgan fingerprint density at radius 3 is 1.45 bits per heavy atom. The van der Waals surface area contributed by atoms with E-state index in [0.29, 0.717) is 0 Å². The number of rotatable bonds is 6. The molecule has 0 unspecified atom stereocenters. The summed E-state index contributed by atoms with van der Waals surface area (Å²) < 4.78 is 0. The van der Waals surface area contributed by atoms with Crippen LogP contribution in [0.1, 0.15) is 46.0 Å². The average molecular weight is 160 g/mol. The van der Waals surface area contributed by atoms with E-state index < -0.39 is 0 Å². The maximum Gasteiger partial charge on any atom is 0.0512 e. The molecule has 11 heavy (non-hydrogen) atoms. The summed E-state index contributed by atoms with van der Waals surface area (Å²) in [6.07, 6.45) is 4.72. The first kappa shape index (κ1) is 10.9. The van der Waals surface area contributed by atoms with Gasteiger partial charge in [0, 0.05) is 0 Å². The summed E-state index contributed by atoms with van der Waals surface area (Å²) in [6.45, 7) is 3.63. The van der Waals surface area contributed by atoms with Gasteiger partial charge in [-0.1, -0.05) is 19.3 Å². The minimum absolute atomic E-state index is 0.165. The van der Waals surface area contributed by atoms with Crippen LogP contribution in [-0.2, 0) is 0 Å². The molecule has 0 radical (unpaired) electrons. The summed E-state index contributed by atoms with van der Waals surface area (Å²) in [5.41, 5.74) is 0. The molecule has 0 aliphatic rings. The lowest BCUT2D eigenvalue weighted by Crippen LogP contribution is -2.00. The molecule has 2 atom stereocenters. The van der Waals surface area contributed by atoms with Gasteiger partial charge in [-0.15, -0.1) is 0 Å². The zero-order chi connectivity index (χ0) is 8.69. The fourth-order valence-corrected chi connectivity index (χ4v) is 1.06. The second-order valence-electron chi connectivity index (χ2n) is 3.34. The topological polar surface area (TPSA) is 40.5 Å². The van der Waals surface area contributed by atoms with Crippen LogP contribution >= 0.6 is 0 Å². The normalized spacial score (nSPS) is 16.4. The summed E-state index contributed by atoms with van der Waals surface area (Å²) in [6, 6.07) is 0. The second kappa shape index (κ2) is 6.62. The molecule has 0 aromatic carbocycles. The monoisotopic (exact) mass is 160 g/mol. The molecule has 0 heterocycles. The number of hydrogen-bond acceptors (Lipinski definition) is 2. The van der Waals surface area contributed by atoms with Crippen LogP contribution in [0.4, 0.5) is 0 Å². The van der Waals surface area contributed by atoms with E-state index in [1.165, 1.54) is 0 Å². The van der Waals surface area contributed by atoms with Gasteiger partial charge < -0.3 is 10.2 Å². The molecule has 0 saturated heterocycles. The van der Waals surface area contributed by atoms with Crippen molar-refractivity contribution in [2.24, 2.45) is 0 Å². The van der Waals surface area contributed by atoms with E-state index in [9.17, 15) is 0 Å². The maximum absolute atomic E-state index is 8.91. The van der Waals surface area contributed by atoms with E-state index in [4.69, 9.17) is 10.2 Å². The zero-order valence-electron chi connectivity index (χ0n) is 7.58. The molecule has 0 aromatic heterocycles. The minimum atomic E-state index is -0.165. The molecular weight excluding hydrogens is 140 g/mol.